The van der Waals surface area contributed by atoms with Crippen LogP contribution in [0.2, 0.25) is 0 Å². The molecule has 0 fully saturated rings. The zero-order chi connectivity index (χ0) is 30.9. The van der Waals surface area contributed by atoms with Gasteiger partial charge >= 0.3 is 5.51 Å². The van der Waals surface area contributed by atoms with E-state index in [0.717, 1.165) is 20.9 Å². The highest BCUT2D eigenvalue weighted by molar-refractivity contribution is 7.93. The number of aromatic nitrogens is 1. The number of alkyl halides is 3. The van der Waals surface area contributed by atoms with Gasteiger partial charge in [-0.3, -0.25) is 4.79 Å². The summed E-state index contributed by atoms with van der Waals surface area (Å²) in [5.74, 6) is -0.597. The third kappa shape index (κ3) is 5.98. The highest BCUT2D eigenvalue weighted by Gasteiger charge is 2.37. The molecule has 5 aromatic rings. The average molecular weight is 617 g/mol. The van der Waals surface area contributed by atoms with E-state index < -0.39 is 31.6 Å². The normalized spacial score (nSPS) is 12.0. The fourth-order valence-corrected chi connectivity index (χ4v) is 5.71. The van der Waals surface area contributed by atoms with Gasteiger partial charge < -0.3 is 4.55 Å². The quantitative estimate of drug-likeness (QED) is 0.119. The summed E-state index contributed by atoms with van der Waals surface area (Å²) in [7, 11) is -8.34. The van der Waals surface area contributed by atoms with Crippen molar-refractivity contribution in [3.8, 4) is 0 Å². The lowest BCUT2D eigenvalue weighted by atomic mass is 10.0. The Balaban J connectivity index is 0.000000446. The predicted molar refractivity (Wildman–Crippen MR) is 150 cm³/mol. The Hall–Kier alpha value is -4.33. The van der Waals surface area contributed by atoms with Crippen LogP contribution < -0.4 is 8.87 Å². The van der Waals surface area contributed by atoms with E-state index in [1.165, 1.54) is 12.1 Å². The predicted octanol–water partition coefficient (Wildman–Crippen LogP) is 5.21. The van der Waals surface area contributed by atoms with Crippen molar-refractivity contribution in [3.05, 3.63) is 114 Å². The number of aryl methyl sites for hydroxylation is 2. The number of fused-ring (bicyclic) bond motifs is 2. The number of rotatable bonds is 4. The molecule has 0 spiro atoms. The number of sulfonamides is 1. The summed E-state index contributed by atoms with van der Waals surface area (Å²) >= 11 is 0. The number of pyridine rings is 1. The van der Waals surface area contributed by atoms with Gasteiger partial charge in [0.05, 0.1) is 26.9 Å². The van der Waals surface area contributed by atoms with E-state index in [0.29, 0.717) is 16.3 Å². The molecule has 218 valence electrons. The van der Waals surface area contributed by atoms with E-state index >= 15 is 0 Å². The number of halogens is 3. The zero-order valence-electron chi connectivity index (χ0n) is 22.1. The minimum absolute atomic E-state index is 0.0606. The average Bonchev–Trinajstić information content (AvgIpc) is 2.93. The maximum absolute atomic E-state index is 14.3. The molecule has 0 saturated carbocycles. The first-order valence-corrected chi connectivity index (χ1v) is 15.0. The molecule has 0 aliphatic carbocycles. The fourth-order valence-electron chi connectivity index (χ4n) is 4.31. The van der Waals surface area contributed by atoms with Crippen LogP contribution in [0.25, 0.3) is 21.8 Å². The van der Waals surface area contributed by atoms with Crippen LogP contribution in [0.5, 0.6) is 0 Å². The summed E-state index contributed by atoms with van der Waals surface area (Å²) in [6, 6.07) is 30.1. The number of anilines is 1. The lowest BCUT2D eigenvalue weighted by Gasteiger charge is -2.24. The molecular weight excluding hydrogens is 593 g/mol. The molecular formula is C29H23F3N2O6S2. The first-order valence-electron chi connectivity index (χ1n) is 12.2. The number of hydrogen-bond acceptors (Lipinski definition) is 6. The van der Waals surface area contributed by atoms with E-state index in [1.54, 1.807) is 42.5 Å². The van der Waals surface area contributed by atoms with Crippen molar-refractivity contribution < 1.29 is 43.9 Å². The first kappa shape index (κ1) is 30.6. The summed E-state index contributed by atoms with van der Waals surface area (Å²) in [6.07, 6.45) is 0. The molecule has 1 aromatic heterocycles. The maximum atomic E-state index is 14.3. The van der Waals surface area contributed by atoms with Crippen molar-refractivity contribution in [2.24, 2.45) is 7.05 Å². The van der Waals surface area contributed by atoms with E-state index in [2.05, 4.69) is 0 Å². The van der Waals surface area contributed by atoms with Gasteiger partial charge in [-0.1, -0.05) is 60.2 Å². The SMILES string of the molecule is Cc1ccc(S(=O)(=O)N(C(=O)c2c3ccccc3[n+](C)c3ccccc23)c2ccccc2)cc1.O=S(=O)([O-])C(F)(F)F. The van der Waals surface area contributed by atoms with Crippen molar-refractivity contribution in [2.75, 3.05) is 4.31 Å². The van der Waals surface area contributed by atoms with Gasteiger partial charge in [-0.25, -0.2) is 16.8 Å². The first-order chi connectivity index (χ1) is 19.6. The lowest BCUT2D eigenvalue weighted by molar-refractivity contribution is -0.617. The molecule has 0 aliphatic heterocycles. The van der Waals surface area contributed by atoms with E-state index in [1.807, 2.05) is 67.1 Å². The second-order valence-corrected chi connectivity index (χ2v) is 12.2. The van der Waals surface area contributed by atoms with Crippen molar-refractivity contribution >= 4 is 53.5 Å². The summed E-state index contributed by atoms with van der Waals surface area (Å²) in [4.78, 5) is 14.4. The molecule has 0 N–H and O–H groups in total. The Kier molecular flexibility index (Phi) is 8.39. The smallest absolute Gasteiger partial charge is 0.485 e. The molecule has 0 unspecified atom stereocenters. The second kappa shape index (κ2) is 11.5. The molecule has 42 heavy (non-hydrogen) atoms. The number of carbonyl (C=O) groups excluding carboxylic acids is 1. The van der Waals surface area contributed by atoms with Crippen molar-refractivity contribution in [1.29, 1.82) is 0 Å². The molecule has 0 atom stereocenters. The molecule has 8 nitrogen and oxygen atoms in total. The minimum atomic E-state index is -6.09. The van der Waals surface area contributed by atoms with Gasteiger partial charge in [-0.15, -0.1) is 0 Å². The van der Waals surface area contributed by atoms with Gasteiger partial charge in [-0.05, 0) is 43.3 Å². The molecule has 13 heteroatoms. The minimum Gasteiger partial charge on any atom is -0.741 e. The topological polar surface area (TPSA) is 116 Å². The Labute approximate surface area is 240 Å². The molecule has 0 aliphatic rings. The number of benzene rings is 4. The van der Waals surface area contributed by atoms with Crippen LogP contribution >= 0.6 is 0 Å². The van der Waals surface area contributed by atoms with Gasteiger partial charge in [0, 0.05) is 12.1 Å². The number of nitrogens with zero attached hydrogens (tertiary/aromatic N) is 2. The molecule has 0 radical (unpaired) electrons. The van der Waals surface area contributed by atoms with Crippen molar-refractivity contribution in [3.63, 3.8) is 0 Å². The van der Waals surface area contributed by atoms with Gasteiger partial charge in [0.25, 0.3) is 15.9 Å². The fraction of sp³-hybridized carbons (Fsp3) is 0.103. The highest BCUT2D eigenvalue weighted by atomic mass is 32.2. The van der Waals surface area contributed by atoms with E-state index in [-0.39, 0.29) is 10.6 Å². The van der Waals surface area contributed by atoms with Gasteiger partial charge in [0.2, 0.25) is 11.0 Å². The van der Waals surface area contributed by atoms with Crippen molar-refractivity contribution in [2.45, 2.75) is 17.3 Å². The third-order valence-electron chi connectivity index (χ3n) is 6.30. The molecule has 0 bridgehead atoms. The molecule has 5 rings (SSSR count). The Morgan fingerprint density at radius 1 is 0.738 bits per heavy atom. The van der Waals surface area contributed by atoms with Gasteiger partial charge in [-0.2, -0.15) is 22.0 Å². The maximum Gasteiger partial charge on any atom is 0.485 e. The van der Waals surface area contributed by atoms with Crippen LogP contribution in [-0.4, -0.2) is 32.8 Å². The number of amides is 1. The monoisotopic (exact) mass is 616 g/mol. The summed E-state index contributed by atoms with van der Waals surface area (Å²) in [6.45, 7) is 1.89. The van der Waals surface area contributed by atoms with Gasteiger partial charge in [0.15, 0.2) is 10.1 Å². The second-order valence-electron chi connectivity index (χ2n) is 9.09. The Bertz CT molecular complexity index is 1940. The molecule has 1 amide bonds. The van der Waals surface area contributed by atoms with Gasteiger partial charge in [0.1, 0.15) is 7.05 Å². The van der Waals surface area contributed by atoms with Crippen LogP contribution in [-0.2, 0) is 27.2 Å². The Morgan fingerprint density at radius 3 is 1.62 bits per heavy atom. The number of hydrogen-bond donors (Lipinski definition) is 0. The Morgan fingerprint density at radius 2 is 1.17 bits per heavy atom. The number of carbonyl (C=O) groups is 1. The van der Waals surface area contributed by atoms with Crippen LogP contribution in [0.4, 0.5) is 18.9 Å². The third-order valence-corrected chi connectivity index (χ3v) is 8.59. The van der Waals surface area contributed by atoms with E-state index in [9.17, 15) is 26.4 Å². The molecule has 4 aromatic carbocycles. The largest absolute Gasteiger partial charge is 0.741 e. The van der Waals surface area contributed by atoms with Crippen LogP contribution in [0.15, 0.2) is 108 Å². The summed E-state index contributed by atoms with van der Waals surface area (Å²) in [5, 5.41) is 1.38. The van der Waals surface area contributed by atoms with E-state index in [4.69, 9.17) is 13.0 Å². The van der Waals surface area contributed by atoms with Crippen LogP contribution in [0.1, 0.15) is 15.9 Å². The van der Waals surface area contributed by atoms with Crippen molar-refractivity contribution in [1.82, 2.24) is 0 Å². The zero-order valence-corrected chi connectivity index (χ0v) is 23.7. The summed E-state index contributed by atoms with van der Waals surface area (Å²) < 4.78 is 89.6. The number of para-hydroxylation sites is 3. The lowest BCUT2D eigenvalue weighted by Crippen LogP contribution is -2.38. The highest BCUT2D eigenvalue weighted by Crippen LogP contribution is 2.31. The molecule has 0 saturated heterocycles. The standard InChI is InChI=1S/C28H23N2O3S.CHF3O3S/c1-20-16-18-22(19-17-20)34(32,33)30(21-10-4-3-5-11-21)28(31)27-23-12-6-8-14-25(23)29(2)26-15-9-7-13-24(26)27;2-1(3,4)8(5,6)7/h3-19H,1-2H3;(H,5,6,7)/q+1;/p-1. The van der Waals surface area contributed by atoms with Crippen LogP contribution in [0.3, 0.4) is 0 Å². The summed E-state index contributed by atoms with van der Waals surface area (Å²) in [5.41, 5.74) is -2.40. The molecule has 1 heterocycles. The van der Waals surface area contributed by atoms with Crippen LogP contribution in [0, 0.1) is 6.92 Å².